The molecule has 0 radical (unpaired) electrons. The van der Waals surface area contributed by atoms with Gasteiger partial charge in [-0.25, -0.2) is 19.6 Å². The highest BCUT2D eigenvalue weighted by atomic mass is 19.1. The number of imidazole rings is 1. The van der Waals surface area contributed by atoms with Crippen molar-refractivity contribution in [3.63, 3.8) is 0 Å². The largest absolute Gasteiger partial charge is 0.330 e. The fourth-order valence-electron chi connectivity index (χ4n) is 4.34. The number of aromatic nitrogens is 2. The minimum absolute atomic E-state index is 0.0227. The molecule has 7 nitrogen and oxygen atoms in total. The molecule has 1 aliphatic rings. The van der Waals surface area contributed by atoms with Crippen LogP contribution in [0.1, 0.15) is 31.7 Å². The Hall–Kier alpha value is -3.30. The topological polar surface area (TPSA) is 93.4 Å². The highest BCUT2D eigenvalue weighted by Crippen LogP contribution is 2.41. The van der Waals surface area contributed by atoms with Gasteiger partial charge in [0.25, 0.3) is 0 Å². The van der Waals surface area contributed by atoms with Crippen molar-refractivity contribution in [3.8, 4) is 11.3 Å². The molecule has 2 aromatic carbocycles. The summed E-state index contributed by atoms with van der Waals surface area (Å²) in [5.41, 5.74) is 6.84. The average molecular weight is 455 g/mol. The smallest absolute Gasteiger partial charge is 0.243 e. The lowest BCUT2D eigenvalue weighted by Gasteiger charge is -2.42. The Kier molecular flexibility index (Phi) is 5.94. The van der Waals surface area contributed by atoms with Crippen molar-refractivity contribution >= 4 is 17.4 Å². The van der Waals surface area contributed by atoms with E-state index in [1.54, 1.807) is 40.7 Å². The molecule has 0 aliphatic carbocycles. The number of hydrogen-bond donors (Lipinski definition) is 2. The molecule has 0 atom stereocenters. The molecule has 174 valence electrons. The normalized spacial score (nSPS) is 15.0. The van der Waals surface area contributed by atoms with Gasteiger partial charge in [-0.05, 0) is 69.6 Å². The van der Waals surface area contributed by atoms with Gasteiger partial charge in [-0.1, -0.05) is 12.1 Å². The zero-order valence-corrected chi connectivity index (χ0v) is 19.0. The molecule has 33 heavy (non-hydrogen) atoms. The maximum absolute atomic E-state index is 14.1. The molecular weight excluding hydrogens is 426 g/mol. The molecule has 1 aromatic heterocycles. The van der Waals surface area contributed by atoms with Crippen LogP contribution in [0.3, 0.4) is 0 Å². The predicted octanol–water partition coefficient (Wildman–Crippen LogP) is 3.57. The van der Waals surface area contributed by atoms with E-state index in [0.717, 1.165) is 0 Å². The van der Waals surface area contributed by atoms with Crippen molar-refractivity contribution in [2.45, 2.75) is 39.3 Å². The summed E-state index contributed by atoms with van der Waals surface area (Å²) in [4.78, 5) is 19.8. The first kappa shape index (κ1) is 22.9. The Morgan fingerprint density at radius 2 is 1.94 bits per heavy atom. The summed E-state index contributed by atoms with van der Waals surface area (Å²) in [5.74, 6) is 6.76. The molecule has 0 bridgehead atoms. The van der Waals surface area contributed by atoms with E-state index in [4.69, 9.17) is 16.6 Å². The second-order valence-electron chi connectivity index (χ2n) is 8.75. The number of fused-ring (bicyclic) bond motifs is 1. The number of carbonyl (C=O) groups is 1. The molecule has 3 aromatic rings. The molecule has 0 unspecified atom stereocenters. The summed E-state index contributed by atoms with van der Waals surface area (Å²) in [5, 5.41) is 1.38. The Bertz CT molecular complexity index is 1210. The van der Waals surface area contributed by atoms with Crippen LogP contribution < -0.4 is 16.6 Å². The van der Waals surface area contributed by atoms with Crippen molar-refractivity contribution in [2.75, 3.05) is 18.1 Å². The van der Waals surface area contributed by atoms with E-state index < -0.39 is 11.4 Å². The first-order chi connectivity index (χ1) is 15.6. The van der Waals surface area contributed by atoms with E-state index >= 15 is 0 Å². The van der Waals surface area contributed by atoms with Gasteiger partial charge in [-0.2, -0.15) is 0 Å². The van der Waals surface area contributed by atoms with Crippen LogP contribution in [0.4, 0.5) is 20.3 Å². The van der Waals surface area contributed by atoms with E-state index in [0.29, 0.717) is 53.7 Å². The van der Waals surface area contributed by atoms with Gasteiger partial charge in [-0.15, -0.1) is 0 Å². The highest BCUT2D eigenvalue weighted by molar-refractivity contribution is 5.83. The summed E-state index contributed by atoms with van der Waals surface area (Å²) in [6, 6.07) is 10.6. The fourth-order valence-corrected chi connectivity index (χ4v) is 4.34. The number of carbonyl (C=O) groups excluding carboxylic acids is 1. The van der Waals surface area contributed by atoms with E-state index in [2.05, 4.69) is 0 Å². The van der Waals surface area contributed by atoms with Gasteiger partial charge in [0.05, 0.1) is 11.2 Å². The number of anilines is 2. The molecule has 0 spiro atoms. The van der Waals surface area contributed by atoms with Crippen molar-refractivity contribution in [1.29, 1.82) is 0 Å². The number of aryl methyl sites for hydroxylation is 1. The van der Waals surface area contributed by atoms with Gasteiger partial charge in [0.15, 0.2) is 5.82 Å². The molecule has 9 heteroatoms. The molecule has 4 rings (SSSR count). The maximum atomic E-state index is 14.1. The molecule has 0 fully saturated rings. The third-order valence-electron chi connectivity index (χ3n) is 6.09. The van der Waals surface area contributed by atoms with Crippen LogP contribution in [0.2, 0.25) is 0 Å². The SMILES string of the molecule is Cc1cc(N(N)c2c(-c3cccc(F)c3)nc3n2CC(=O)N(CCCN)C3(C)C)ccc1F. The van der Waals surface area contributed by atoms with Crippen LogP contribution in [-0.4, -0.2) is 33.4 Å². The predicted molar refractivity (Wildman–Crippen MR) is 123 cm³/mol. The number of hydrazine groups is 1. The Morgan fingerprint density at radius 1 is 1.18 bits per heavy atom. The number of nitrogens with zero attached hydrogens (tertiary/aromatic N) is 4. The van der Waals surface area contributed by atoms with Gasteiger partial charge in [0.2, 0.25) is 5.91 Å². The van der Waals surface area contributed by atoms with Crippen molar-refractivity contribution in [2.24, 2.45) is 11.6 Å². The standard InChI is InChI=1S/C24H28F2N6O/c1-15-12-18(8-9-19(15)26)32(28)22-21(16-6-4-7-17(25)13-16)29-23-24(2,3)31(11-5-10-27)20(33)14-30(22)23/h4,6-9,12-13H,5,10-11,14,27-28H2,1-3H3. The highest BCUT2D eigenvalue weighted by Gasteiger charge is 2.43. The molecular formula is C24H28F2N6O. The molecule has 0 saturated heterocycles. The fraction of sp³-hybridized carbons (Fsp3) is 0.333. The first-order valence-corrected chi connectivity index (χ1v) is 10.8. The zero-order valence-electron chi connectivity index (χ0n) is 19.0. The van der Waals surface area contributed by atoms with Gasteiger partial charge < -0.3 is 15.2 Å². The number of benzene rings is 2. The van der Waals surface area contributed by atoms with Crippen LogP contribution >= 0.6 is 0 Å². The van der Waals surface area contributed by atoms with Crippen LogP contribution in [0.5, 0.6) is 0 Å². The van der Waals surface area contributed by atoms with E-state index in [1.807, 2.05) is 13.8 Å². The minimum atomic E-state index is -0.746. The monoisotopic (exact) mass is 454 g/mol. The lowest BCUT2D eigenvalue weighted by atomic mass is 9.98. The van der Waals surface area contributed by atoms with Crippen molar-refractivity contribution in [3.05, 3.63) is 65.5 Å². The van der Waals surface area contributed by atoms with Crippen LogP contribution in [0, 0.1) is 18.6 Å². The average Bonchev–Trinajstić information content (AvgIpc) is 3.15. The maximum Gasteiger partial charge on any atom is 0.243 e. The molecule has 4 N–H and O–H groups in total. The quantitative estimate of drug-likeness (QED) is 0.439. The Labute approximate surface area is 191 Å². The third-order valence-corrected chi connectivity index (χ3v) is 6.09. The van der Waals surface area contributed by atoms with Gasteiger partial charge >= 0.3 is 0 Å². The first-order valence-electron chi connectivity index (χ1n) is 10.8. The van der Waals surface area contributed by atoms with Gasteiger partial charge in [-0.3, -0.25) is 9.80 Å². The number of amides is 1. The number of rotatable bonds is 6. The van der Waals surface area contributed by atoms with Crippen LogP contribution in [0.15, 0.2) is 42.5 Å². The lowest BCUT2D eigenvalue weighted by Crippen LogP contribution is -2.53. The second-order valence-corrected chi connectivity index (χ2v) is 8.75. The summed E-state index contributed by atoms with van der Waals surface area (Å²) in [7, 11) is 0. The summed E-state index contributed by atoms with van der Waals surface area (Å²) < 4.78 is 29.8. The molecule has 1 aliphatic heterocycles. The third kappa shape index (κ3) is 3.98. The second kappa shape index (κ2) is 8.57. The summed E-state index contributed by atoms with van der Waals surface area (Å²) >= 11 is 0. The summed E-state index contributed by atoms with van der Waals surface area (Å²) in [6.07, 6.45) is 0.664. The Morgan fingerprint density at radius 3 is 2.61 bits per heavy atom. The number of nitrogens with two attached hydrogens (primary N) is 2. The molecule has 0 saturated carbocycles. The number of hydrogen-bond acceptors (Lipinski definition) is 5. The van der Waals surface area contributed by atoms with E-state index in [-0.39, 0.29) is 18.3 Å². The number of halogens is 2. The lowest BCUT2D eigenvalue weighted by molar-refractivity contribution is -0.140. The van der Waals surface area contributed by atoms with E-state index in [9.17, 15) is 13.6 Å². The van der Waals surface area contributed by atoms with Crippen molar-refractivity contribution < 1.29 is 13.6 Å². The molecule has 1 amide bonds. The van der Waals surface area contributed by atoms with Crippen LogP contribution in [-0.2, 0) is 16.9 Å². The van der Waals surface area contributed by atoms with Gasteiger partial charge in [0.1, 0.15) is 29.7 Å². The minimum Gasteiger partial charge on any atom is -0.330 e. The zero-order chi connectivity index (χ0) is 23.9. The van der Waals surface area contributed by atoms with Crippen molar-refractivity contribution in [1.82, 2.24) is 14.5 Å². The van der Waals surface area contributed by atoms with E-state index in [1.165, 1.54) is 23.2 Å². The van der Waals surface area contributed by atoms with Crippen LogP contribution in [0.25, 0.3) is 11.3 Å². The van der Waals surface area contributed by atoms with Gasteiger partial charge in [0, 0.05) is 12.1 Å². The Balaban J connectivity index is 1.93. The summed E-state index contributed by atoms with van der Waals surface area (Å²) in [6.45, 7) is 6.48. The molecule has 2 heterocycles.